The van der Waals surface area contributed by atoms with Gasteiger partial charge in [0.05, 0.1) is 9.82 Å². The quantitative estimate of drug-likeness (QED) is 0.346. The van der Waals surface area contributed by atoms with Gasteiger partial charge in [0.2, 0.25) is 10.0 Å². The minimum atomic E-state index is -4.21. The van der Waals surface area contributed by atoms with Crippen molar-refractivity contribution in [3.05, 3.63) is 58.1 Å². The molecule has 1 aliphatic rings. The molecule has 0 radical (unpaired) electrons. The van der Waals surface area contributed by atoms with Crippen LogP contribution in [-0.2, 0) is 30.8 Å². The second kappa shape index (κ2) is 9.10. The molecule has 164 valence electrons. The molecule has 2 aromatic rings. The van der Waals surface area contributed by atoms with Gasteiger partial charge in [-0.25, -0.2) is 8.42 Å². The molecule has 12 heteroatoms. The standard InChI is InChI=1S/C19H20N4O7S/c1-20-15-7-6-14(10-17(15)23(26)27)31(28,29)21-11-19(25)30-12-18(24)22-9-8-13-4-2-3-5-16(13)22/h2-7,10,20-21H,8-9,11-12H2,1H3. The Morgan fingerprint density at radius 2 is 1.97 bits per heavy atom. The van der Waals surface area contributed by atoms with Crippen LogP contribution in [0.2, 0.25) is 0 Å². The number of nitrogens with zero attached hydrogens (tertiary/aromatic N) is 2. The van der Waals surface area contributed by atoms with Gasteiger partial charge in [-0.05, 0) is 30.2 Å². The molecule has 0 saturated heterocycles. The van der Waals surface area contributed by atoms with E-state index in [2.05, 4.69) is 5.32 Å². The second-order valence-corrected chi connectivity index (χ2v) is 8.36. The molecule has 3 rings (SSSR count). The molecule has 0 saturated carbocycles. The van der Waals surface area contributed by atoms with Crippen molar-refractivity contribution in [3.63, 3.8) is 0 Å². The fraction of sp³-hybridized carbons (Fsp3) is 0.263. The SMILES string of the molecule is CNc1ccc(S(=O)(=O)NCC(=O)OCC(=O)N2CCc3ccccc32)cc1[N+](=O)[O-]. The summed E-state index contributed by atoms with van der Waals surface area (Å²) in [6.45, 7) is -0.783. The van der Waals surface area contributed by atoms with Crippen LogP contribution in [0.3, 0.4) is 0 Å². The number of nitro groups is 1. The summed E-state index contributed by atoms with van der Waals surface area (Å²) >= 11 is 0. The van der Waals surface area contributed by atoms with Crippen molar-refractivity contribution in [2.75, 3.05) is 37.0 Å². The van der Waals surface area contributed by atoms with Crippen LogP contribution in [0.5, 0.6) is 0 Å². The molecule has 0 atom stereocenters. The van der Waals surface area contributed by atoms with Crippen LogP contribution in [-0.4, -0.2) is 52.0 Å². The molecule has 0 aromatic heterocycles. The van der Waals surface area contributed by atoms with E-state index in [0.29, 0.717) is 13.0 Å². The molecule has 0 aliphatic carbocycles. The summed E-state index contributed by atoms with van der Waals surface area (Å²) in [6, 6.07) is 10.7. The Balaban J connectivity index is 1.56. The predicted molar refractivity (Wildman–Crippen MR) is 111 cm³/mol. The largest absolute Gasteiger partial charge is 0.455 e. The van der Waals surface area contributed by atoms with Crippen LogP contribution in [0.1, 0.15) is 5.56 Å². The lowest BCUT2D eigenvalue weighted by atomic mass is 10.2. The van der Waals surface area contributed by atoms with Gasteiger partial charge in [0.25, 0.3) is 11.6 Å². The number of ether oxygens (including phenoxy) is 1. The molecule has 1 aliphatic heterocycles. The van der Waals surface area contributed by atoms with E-state index in [1.54, 1.807) is 12.1 Å². The molecule has 0 spiro atoms. The van der Waals surface area contributed by atoms with Crippen molar-refractivity contribution >= 4 is 39.0 Å². The molecule has 2 aromatic carbocycles. The lowest BCUT2D eigenvalue weighted by molar-refractivity contribution is -0.384. The van der Waals surface area contributed by atoms with Gasteiger partial charge < -0.3 is 15.0 Å². The third kappa shape index (κ3) is 4.98. The van der Waals surface area contributed by atoms with E-state index in [0.717, 1.165) is 17.3 Å². The summed E-state index contributed by atoms with van der Waals surface area (Å²) < 4.78 is 31.6. The number of anilines is 2. The maximum atomic E-state index is 12.4. The number of fused-ring (bicyclic) bond motifs is 1. The normalized spacial score (nSPS) is 12.9. The summed E-state index contributed by atoms with van der Waals surface area (Å²) in [5, 5.41) is 13.7. The van der Waals surface area contributed by atoms with E-state index < -0.39 is 45.7 Å². The number of sulfonamides is 1. The Bertz CT molecular complexity index is 1130. The molecule has 2 N–H and O–H groups in total. The molecular formula is C19H20N4O7S. The lowest BCUT2D eigenvalue weighted by Gasteiger charge is -2.17. The van der Waals surface area contributed by atoms with Gasteiger partial charge in [-0.1, -0.05) is 18.2 Å². The average Bonchev–Trinajstić information content (AvgIpc) is 3.19. The van der Waals surface area contributed by atoms with E-state index in [4.69, 9.17) is 4.74 Å². The highest BCUT2D eigenvalue weighted by molar-refractivity contribution is 7.89. The van der Waals surface area contributed by atoms with Crippen LogP contribution < -0.4 is 14.9 Å². The number of nitro benzene ring substituents is 1. The van der Waals surface area contributed by atoms with Gasteiger partial charge in [0.15, 0.2) is 6.61 Å². The fourth-order valence-electron chi connectivity index (χ4n) is 3.15. The first-order valence-electron chi connectivity index (χ1n) is 9.22. The number of hydrogen-bond acceptors (Lipinski definition) is 8. The van der Waals surface area contributed by atoms with Crippen molar-refractivity contribution < 1.29 is 27.7 Å². The third-order valence-corrected chi connectivity index (χ3v) is 6.10. The maximum Gasteiger partial charge on any atom is 0.321 e. The smallest absolute Gasteiger partial charge is 0.321 e. The number of carbonyl (C=O) groups excluding carboxylic acids is 2. The molecule has 0 unspecified atom stereocenters. The van der Waals surface area contributed by atoms with Crippen molar-refractivity contribution in [1.82, 2.24) is 4.72 Å². The average molecular weight is 448 g/mol. The van der Waals surface area contributed by atoms with Gasteiger partial charge in [-0.15, -0.1) is 0 Å². The number of hydrogen-bond donors (Lipinski definition) is 2. The van der Waals surface area contributed by atoms with Crippen LogP contribution >= 0.6 is 0 Å². The zero-order valence-corrected chi connectivity index (χ0v) is 17.3. The van der Waals surface area contributed by atoms with Crippen LogP contribution in [0.4, 0.5) is 17.1 Å². The number of para-hydroxylation sites is 1. The van der Waals surface area contributed by atoms with E-state index in [1.807, 2.05) is 16.9 Å². The van der Waals surface area contributed by atoms with Gasteiger partial charge in [-0.2, -0.15) is 4.72 Å². The molecule has 0 fully saturated rings. The highest BCUT2D eigenvalue weighted by Crippen LogP contribution is 2.28. The first kappa shape index (κ1) is 22.2. The number of benzene rings is 2. The highest BCUT2D eigenvalue weighted by Gasteiger charge is 2.26. The summed E-state index contributed by atoms with van der Waals surface area (Å²) in [5.74, 6) is -1.37. The second-order valence-electron chi connectivity index (χ2n) is 6.60. The Hall–Kier alpha value is -3.51. The minimum absolute atomic E-state index is 0.144. The van der Waals surface area contributed by atoms with E-state index in [-0.39, 0.29) is 10.6 Å². The number of esters is 1. The van der Waals surface area contributed by atoms with Crippen LogP contribution in [0, 0.1) is 10.1 Å². The molecule has 1 amide bonds. The van der Waals surface area contributed by atoms with Crippen molar-refractivity contribution in [3.8, 4) is 0 Å². The molecule has 0 bridgehead atoms. The number of carbonyl (C=O) groups is 2. The van der Waals surface area contributed by atoms with Crippen LogP contribution in [0.25, 0.3) is 0 Å². The summed E-state index contributed by atoms with van der Waals surface area (Å²) in [5.41, 5.74) is 1.50. The molecular weight excluding hydrogens is 428 g/mol. The van der Waals surface area contributed by atoms with E-state index >= 15 is 0 Å². The Kier molecular flexibility index (Phi) is 6.51. The predicted octanol–water partition coefficient (Wildman–Crippen LogP) is 1.05. The summed E-state index contributed by atoms with van der Waals surface area (Å²) in [4.78, 5) is 35.8. The Morgan fingerprint density at radius 3 is 2.68 bits per heavy atom. The van der Waals surface area contributed by atoms with E-state index in [1.165, 1.54) is 24.1 Å². The van der Waals surface area contributed by atoms with Crippen molar-refractivity contribution in [2.45, 2.75) is 11.3 Å². The zero-order chi connectivity index (χ0) is 22.6. The fourth-order valence-corrected chi connectivity index (χ4v) is 4.14. The monoisotopic (exact) mass is 448 g/mol. The maximum absolute atomic E-state index is 12.4. The number of nitrogens with one attached hydrogen (secondary N) is 2. The number of rotatable bonds is 8. The lowest BCUT2D eigenvalue weighted by Crippen LogP contribution is -2.36. The van der Waals surface area contributed by atoms with Crippen molar-refractivity contribution in [2.24, 2.45) is 0 Å². The minimum Gasteiger partial charge on any atom is -0.455 e. The highest BCUT2D eigenvalue weighted by atomic mass is 32.2. The van der Waals surface area contributed by atoms with Gasteiger partial charge in [-0.3, -0.25) is 19.7 Å². The van der Waals surface area contributed by atoms with Gasteiger partial charge in [0, 0.05) is 25.3 Å². The third-order valence-electron chi connectivity index (χ3n) is 4.70. The van der Waals surface area contributed by atoms with Gasteiger partial charge in [0.1, 0.15) is 12.2 Å². The van der Waals surface area contributed by atoms with E-state index in [9.17, 15) is 28.1 Å². The molecule has 31 heavy (non-hydrogen) atoms. The zero-order valence-electron chi connectivity index (χ0n) is 16.5. The van der Waals surface area contributed by atoms with Crippen LogP contribution in [0.15, 0.2) is 47.4 Å². The molecule has 11 nitrogen and oxygen atoms in total. The Labute approximate surface area is 178 Å². The summed E-state index contributed by atoms with van der Waals surface area (Å²) in [6.07, 6.45) is 0.703. The molecule has 1 heterocycles. The summed E-state index contributed by atoms with van der Waals surface area (Å²) in [7, 11) is -2.74. The topological polar surface area (TPSA) is 148 Å². The first-order valence-corrected chi connectivity index (χ1v) is 10.7. The first-order chi connectivity index (χ1) is 14.7. The Morgan fingerprint density at radius 1 is 1.23 bits per heavy atom. The van der Waals surface area contributed by atoms with Crippen molar-refractivity contribution in [1.29, 1.82) is 0 Å². The number of amides is 1. The van der Waals surface area contributed by atoms with Gasteiger partial charge >= 0.3 is 5.97 Å².